The molecule has 1 atom stereocenters. The number of primary amides is 1. The van der Waals surface area contributed by atoms with E-state index in [9.17, 15) is 9.59 Å². The number of rotatable bonds is 3. The second kappa shape index (κ2) is 5.14. The fourth-order valence-electron chi connectivity index (χ4n) is 1.23. The van der Waals surface area contributed by atoms with Gasteiger partial charge in [-0.05, 0) is 11.5 Å². The molecular formula is C11H14N2O2. The first-order valence-corrected chi connectivity index (χ1v) is 4.74. The Morgan fingerprint density at radius 2 is 1.93 bits per heavy atom. The first-order valence-electron chi connectivity index (χ1n) is 4.74. The summed E-state index contributed by atoms with van der Waals surface area (Å²) in [6.07, 6.45) is 0. The molecule has 0 unspecified atom stereocenters. The van der Waals surface area contributed by atoms with Crippen LogP contribution in [0, 0.1) is 0 Å². The zero-order valence-electron chi connectivity index (χ0n) is 8.57. The summed E-state index contributed by atoms with van der Waals surface area (Å²) in [6.45, 7) is 2.38. The van der Waals surface area contributed by atoms with Gasteiger partial charge in [0.2, 0.25) is 0 Å². The summed E-state index contributed by atoms with van der Waals surface area (Å²) in [6, 6.07) is 9.74. The highest BCUT2D eigenvalue weighted by atomic mass is 16.2. The molecular weight excluding hydrogens is 192 g/mol. The summed E-state index contributed by atoms with van der Waals surface area (Å²) in [5.41, 5.74) is 5.92. The molecule has 0 aromatic heterocycles. The van der Waals surface area contributed by atoms with Crippen LogP contribution in [0.15, 0.2) is 30.3 Å². The number of carbonyl (C=O) groups is 2. The van der Waals surface area contributed by atoms with Crippen LogP contribution in [0.4, 0.5) is 0 Å². The molecule has 0 aliphatic carbocycles. The number of carbonyl (C=O) groups excluding carboxylic acids is 2. The Hall–Kier alpha value is -1.84. The summed E-state index contributed by atoms with van der Waals surface area (Å²) < 4.78 is 0. The van der Waals surface area contributed by atoms with Crippen molar-refractivity contribution < 1.29 is 9.59 Å². The van der Waals surface area contributed by atoms with Gasteiger partial charge in [0.1, 0.15) is 0 Å². The van der Waals surface area contributed by atoms with Crippen molar-refractivity contribution in [3.63, 3.8) is 0 Å². The topological polar surface area (TPSA) is 72.2 Å². The lowest BCUT2D eigenvalue weighted by molar-refractivity contribution is -0.137. The van der Waals surface area contributed by atoms with Crippen LogP contribution in [-0.2, 0) is 9.59 Å². The minimum Gasteiger partial charge on any atom is -0.361 e. The Kier molecular flexibility index (Phi) is 3.85. The van der Waals surface area contributed by atoms with E-state index < -0.39 is 11.8 Å². The highest BCUT2D eigenvalue weighted by Gasteiger charge is 2.10. The third kappa shape index (κ3) is 3.42. The maximum absolute atomic E-state index is 10.9. The summed E-state index contributed by atoms with van der Waals surface area (Å²) in [7, 11) is 0. The molecule has 15 heavy (non-hydrogen) atoms. The molecule has 4 nitrogen and oxygen atoms in total. The van der Waals surface area contributed by atoms with Crippen molar-refractivity contribution in [1.29, 1.82) is 0 Å². The standard InChI is InChI=1S/C11H14N2O2/c1-8(7-13-11(15)10(12)14)9-5-3-2-4-6-9/h2-6,8H,7H2,1H3,(H2,12,14)(H,13,15)/t8-/m1/s1. The van der Waals surface area contributed by atoms with E-state index in [1.807, 2.05) is 37.3 Å². The molecule has 0 fully saturated rings. The van der Waals surface area contributed by atoms with Crippen LogP contribution in [0.25, 0.3) is 0 Å². The Morgan fingerprint density at radius 1 is 1.33 bits per heavy atom. The van der Waals surface area contributed by atoms with Crippen molar-refractivity contribution >= 4 is 11.8 Å². The molecule has 1 aromatic carbocycles. The van der Waals surface area contributed by atoms with Gasteiger partial charge in [-0.3, -0.25) is 9.59 Å². The predicted molar refractivity (Wildman–Crippen MR) is 57.1 cm³/mol. The number of amides is 2. The van der Waals surface area contributed by atoms with Crippen LogP contribution < -0.4 is 11.1 Å². The molecule has 0 aliphatic heterocycles. The lowest BCUT2D eigenvalue weighted by atomic mass is 10.0. The van der Waals surface area contributed by atoms with Crippen molar-refractivity contribution in [1.82, 2.24) is 5.32 Å². The van der Waals surface area contributed by atoms with Gasteiger partial charge < -0.3 is 11.1 Å². The molecule has 0 heterocycles. The molecule has 0 saturated carbocycles. The van der Waals surface area contributed by atoms with Gasteiger partial charge in [-0.2, -0.15) is 0 Å². The lowest BCUT2D eigenvalue weighted by Gasteiger charge is -2.11. The monoisotopic (exact) mass is 206 g/mol. The number of nitrogens with two attached hydrogens (primary N) is 1. The van der Waals surface area contributed by atoms with Crippen LogP contribution in [0.1, 0.15) is 18.4 Å². The van der Waals surface area contributed by atoms with Crippen LogP contribution in [0.3, 0.4) is 0 Å². The van der Waals surface area contributed by atoms with E-state index in [0.717, 1.165) is 5.56 Å². The molecule has 1 rings (SSSR count). The Balaban J connectivity index is 2.47. The molecule has 3 N–H and O–H groups in total. The summed E-state index contributed by atoms with van der Waals surface area (Å²) in [5, 5.41) is 2.47. The molecule has 0 saturated heterocycles. The highest BCUT2D eigenvalue weighted by molar-refractivity contribution is 6.34. The first kappa shape index (κ1) is 11.2. The third-order valence-electron chi connectivity index (χ3n) is 2.16. The van der Waals surface area contributed by atoms with Crippen LogP contribution >= 0.6 is 0 Å². The third-order valence-corrected chi connectivity index (χ3v) is 2.16. The zero-order valence-corrected chi connectivity index (χ0v) is 8.57. The maximum atomic E-state index is 10.9. The molecule has 0 bridgehead atoms. The van der Waals surface area contributed by atoms with E-state index in [-0.39, 0.29) is 5.92 Å². The molecule has 0 spiro atoms. The molecule has 0 radical (unpaired) electrons. The van der Waals surface area contributed by atoms with Gasteiger partial charge in [0.15, 0.2) is 0 Å². The largest absolute Gasteiger partial charge is 0.361 e. The number of nitrogens with one attached hydrogen (secondary N) is 1. The van der Waals surface area contributed by atoms with E-state index in [1.165, 1.54) is 0 Å². The molecule has 80 valence electrons. The number of hydrogen-bond donors (Lipinski definition) is 2. The Morgan fingerprint density at radius 3 is 2.47 bits per heavy atom. The minimum atomic E-state index is -0.949. The minimum absolute atomic E-state index is 0.162. The molecule has 2 amide bonds. The molecule has 4 heteroatoms. The fourth-order valence-corrected chi connectivity index (χ4v) is 1.23. The van der Waals surface area contributed by atoms with Crippen molar-refractivity contribution in [2.45, 2.75) is 12.8 Å². The van der Waals surface area contributed by atoms with Gasteiger partial charge in [0.25, 0.3) is 0 Å². The maximum Gasteiger partial charge on any atom is 0.309 e. The molecule has 1 aromatic rings. The van der Waals surface area contributed by atoms with Crippen molar-refractivity contribution in [2.24, 2.45) is 5.73 Å². The quantitative estimate of drug-likeness (QED) is 0.702. The van der Waals surface area contributed by atoms with Crippen LogP contribution in [0.2, 0.25) is 0 Å². The van der Waals surface area contributed by atoms with Gasteiger partial charge in [0, 0.05) is 6.54 Å². The summed E-state index contributed by atoms with van der Waals surface area (Å²) >= 11 is 0. The van der Waals surface area contributed by atoms with Gasteiger partial charge in [0.05, 0.1) is 0 Å². The second-order valence-electron chi connectivity index (χ2n) is 3.39. The predicted octanol–water partition coefficient (Wildman–Crippen LogP) is 0.392. The van der Waals surface area contributed by atoms with Crippen LogP contribution in [0.5, 0.6) is 0 Å². The van der Waals surface area contributed by atoms with Gasteiger partial charge in [-0.15, -0.1) is 0 Å². The number of benzene rings is 1. The molecule has 0 aliphatic rings. The van der Waals surface area contributed by atoms with E-state index in [1.54, 1.807) is 0 Å². The summed E-state index contributed by atoms with van der Waals surface area (Å²) in [5.74, 6) is -1.53. The van der Waals surface area contributed by atoms with Crippen molar-refractivity contribution in [3.05, 3.63) is 35.9 Å². The van der Waals surface area contributed by atoms with Gasteiger partial charge in [-0.25, -0.2) is 0 Å². The van der Waals surface area contributed by atoms with E-state index in [2.05, 4.69) is 5.32 Å². The average molecular weight is 206 g/mol. The second-order valence-corrected chi connectivity index (χ2v) is 3.39. The summed E-state index contributed by atoms with van der Waals surface area (Å²) in [4.78, 5) is 21.4. The van der Waals surface area contributed by atoms with E-state index in [4.69, 9.17) is 5.73 Å². The van der Waals surface area contributed by atoms with E-state index in [0.29, 0.717) is 6.54 Å². The highest BCUT2D eigenvalue weighted by Crippen LogP contribution is 2.12. The van der Waals surface area contributed by atoms with Crippen molar-refractivity contribution in [2.75, 3.05) is 6.54 Å². The zero-order chi connectivity index (χ0) is 11.3. The van der Waals surface area contributed by atoms with E-state index >= 15 is 0 Å². The smallest absolute Gasteiger partial charge is 0.309 e. The SMILES string of the molecule is C[C@H](CNC(=O)C(N)=O)c1ccccc1. The first-order chi connectivity index (χ1) is 7.11. The van der Waals surface area contributed by atoms with Crippen molar-refractivity contribution in [3.8, 4) is 0 Å². The Bertz CT molecular complexity index is 349. The number of hydrogen-bond acceptors (Lipinski definition) is 2. The average Bonchev–Trinajstić information content (AvgIpc) is 2.26. The lowest BCUT2D eigenvalue weighted by Crippen LogP contribution is -2.37. The Labute approximate surface area is 88.5 Å². The fraction of sp³-hybridized carbons (Fsp3) is 0.273. The normalized spacial score (nSPS) is 11.8. The van der Waals surface area contributed by atoms with Crippen LogP contribution in [-0.4, -0.2) is 18.4 Å². The van der Waals surface area contributed by atoms with Gasteiger partial charge in [-0.1, -0.05) is 37.3 Å². The van der Waals surface area contributed by atoms with Gasteiger partial charge >= 0.3 is 11.8 Å².